The molecule has 3 aromatic rings. The zero-order chi connectivity index (χ0) is 24.7. The number of amides is 1. The van der Waals surface area contributed by atoms with E-state index < -0.39 is 5.91 Å². The Morgan fingerprint density at radius 3 is 2.53 bits per heavy atom. The number of ether oxygens (including phenoxy) is 2. The highest BCUT2D eigenvalue weighted by molar-refractivity contribution is 14.1. The number of nitriles is 1. The molecule has 0 aromatic heterocycles. The van der Waals surface area contributed by atoms with Crippen molar-refractivity contribution < 1.29 is 14.3 Å². The van der Waals surface area contributed by atoms with Crippen molar-refractivity contribution in [2.75, 3.05) is 11.9 Å². The fourth-order valence-electron chi connectivity index (χ4n) is 3.04. The lowest BCUT2D eigenvalue weighted by molar-refractivity contribution is -0.112. The number of hydrogen-bond donors (Lipinski definition) is 1. The Hall–Kier alpha value is -2.73. The van der Waals surface area contributed by atoms with Crippen molar-refractivity contribution in [1.82, 2.24) is 0 Å². The quantitative estimate of drug-likeness (QED) is 0.164. The van der Waals surface area contributed by atoms with Crippen LogP contribution < -0.4 is 14.8 Å². The van der Waals surface area contributed by atoms with Crippen molar-refractivity contribution in [3.05, 3.63) is 90.5 Å². The SMILES string of the molecule is CCOc1cc(/C=C(\C#N)C(=O)Nc2cc(Cl)ccc2C)cc(Cl)c1OCc1ccc(I)cc1. The van der Waals surface area contributed by atoms with E-state index >= 15 is 0 Å². The minimum atomic E-state index is -0.555. The van der Waals surface area contributed by atoms with E-state index in [1.807, 2.05) is 44.2 Å². The van der Waals surface area contributed by atoms with E-state index in [0.717, 1.165) is 14.7 Å². The lowest BCUT2D eigenvalue weighted by atomic mass is 10.1. The van der Waals surface area contributed by atoms with Gasteiger partial charge >= 0.3 is 0 Å². The first kappa shape index (κ1) is 25.9. The molecule has 34 heavy (non-hydrogen) atoms. The Balaban J connectivity index is 1.85. The van der Waals surface area contributed by atoms with E-state index in [4.69, 9.17) is 32.7 Å². The fraction of sp³-hybridized carbons (Fsp3) is 0.154. The summed E-state index contributed by atoms with van der Waals surface area (Å²) in [7, 11) is 0. The molecule has 0 saturated heterocycles. The summed E-state index contributed by atoms with van der Waals surface area (Å²) >= 11 is 14.8. The van der Waals surface area contributed by atoms with Crippen molar-refractivity contribution in [3.8, 4) is 17.6 Å². The summed E-state index contributed by atoms with van der Waals surface area (Å²) < 4.78 is 12.8. The van der Waals surface area contributed by atoms with Gasteiger partial charge in [0.05, 0.1) is 11.6 Å². The standard InChI is InChI=1S/C26H21Cl2IN2O3/c1-3-33-24-12-18(11-22(28)25(24)34-15-17-5-8-21(29)9-6-17)10-19(14-30)26(32)31-23-13-20(27)7-4-16(23)2/h4-13H,3,15H2,1-2H3,(H,31,32)/b19-10+. The molecule has 0 unspecified atom stereocenters. The lowest BCUT2D eigenvalue weighted by Gasteiger charge is -2.15. The maximum absolute atomic E-state index is 12.7. The van der Waals surface area contributed by atoms with E-state index in [0.29, 0.717) is 46.0 Å². The molecule has 1 N–H and O–H groups in total. The van der Waals surface area contributed by atoms with Gasteiger partial charge in [0.25, 0.3) is 5.91 Å². The van der Waals surface area contributed by atoms with Crippen molar-refractivity contribution >= 4 is 63.5 Å². The summed E-state index contributed by atoms with van der Waals surface area (Å²) in [5.74, 6) is 0.271. The molecule has 0 aliphatic carbocycles. The molecule has 0 aliphatic heterocycles. The largest absolute Gasteiger partial charge is 0.490 e. The Labute approximate surface area is 222 Å². The summed E-state index contributed by atoms with van der Waals surface area (Å²) in [6, 6.07) is 18.4. The van der Waals surface area contributed by atoms with Crippen molar-refractivity contribution in [1.29, 1.82) is 5.26 Å². The van der Waals surface area contributed by atoms with Crippen LogP contribution in [-0.2, 0) is 11.4 Å². The second-order valence-corrected chi connectivity index (χ2v) is 9.35. The van der Waals surface area contributed by atoms with Crippen LogP contribution in [0.4, 0.5) is 5.69 Å². The molecule has 0 radical (unpaired) electrons. The Kier molecular flexibility index (Phi) is 9.22. The molecule has 0 bridgehead atoms. The number of hydrogen-bond acceptors (Lipinski definition) is 4. The maximum Gasteiger partial charge on any atom is 0.266 e. The van der Waals surface area contributed by atoms with Gasteiger partial charge in [-0.3, -0.25) is 4.79 Å². The first-order valence-corrected chi connectivity index (χ1v) is 12.2. The second kappa shape index (κ2) is 12.1. The zero-order valence-electron chi connectivity index (χ0n) is 18.5. The summed E-state index contributed by atoms with van der Waals surface area (Å²) in [6.07, 6.45) is 1.45. The van der Waals surface area contributed by atoms with Crippen LogP contribution in [0.2, 0.25) is 10.0 Å². The van der Waals surface area contributed by atoms with Crippen LogP contribution in [0.25, 0.3) is 6.08 Å². The molecule has 174 valence electrons. The lowest BCUT2D eigenvalue weighted by Crippen LogP contribution is -2.14. The van der Waals surface area contributed by atoms with Crippen molar-refractivity contribution in [2.24, 2.45) is 0 Å². The molecular weight excluding hydrogens is 586 g/mol. The Bertz CT molecular complexity index is 1270. The van der Waals surface area contributed by atoms with Gasteiger partial charge in [0, 0.05) is 14.3 Å². The van der Waals surface area contributed by atoms with Gasteiger partial charge in [-0.05, 0) is 95.6 Å². The van der Waals surface area contributed by atoms with Gasteiger partial charge in [-0.1, -0.05) is 41.4 Å². The first-order chi connectivity index (χ1) is 16.3. The van der Waals surface area contributed by atoms with E-state index in [2.05, 4.69) is 27.9 Å². The summed E-state index contributed by atoms with van der Waals surface area (Å²) in [5, 5.41) is 13.1. The third kappa shape index (κ3) is 6.89. The van der Waals surface area contributed by atoms with Crippen LogP contribution in [-0.4, -0.2) is 12.5 Å². The first-order valence-electron chi connectivity index (χ1n) is 10.3. The molecule has 3 rings (SSSR count). The van der Waals surface area contributed by atoms with Crippen LogP contribution in [0, 0.1) is 21.8 Å². The number of nitrogens with zero attached hydrogens (tertiary/aromatic N) is 1. The Morgan fingerprint density at radius 2 is 1.85 bits per heavy atom. The van der Waals surface area contributed by atoms with E-state index in [9.17, 15) is 10.1 Å². The minimum Gasteiger partial charge on any atom is -0.490 e. The van der Waals surface area contributed by atoms with Gasteiger partial charge in [-0.15, -0.1) is 0 Å². The average Bonchev–Trinajstić information content (AvgIpc) is 2.80. The normalized spacial score (nSPS) is 11.0. The van der Waals surface area contributed by atoms with Gasteiger partial charge < -0.3 is 14.8 Å². The van der Waals surface area contributed by atoms with Gasteiger partial charge in [-0.25, -0.2) is 0 Å². The van der Waals surface area contributed by atoms with E-state index in [1.165, 1.54) is 6.08 Å². The van der Waals surface area contributed by atoms with Crippen LogP contribution in [0.1, 0.15) is 23.6 Å². The number of carbonyl (C=O) groups is 1. The molecular formula is C26H21Cl2IN2O3. The van der Waals surface area contributed by atoms with Gasteiger partial charge in [0.1, 0.15) is 18.2 Å². The molecule has 0 heterocycles. The number of aryl methyl sites for hydroxylation is 1. The molecule has 0 spiro atoms. The number of anilines is 1. The number of benzene rings is 3. The van der Waals surface area contributed by atoms with Crippen molar-refractivity contribution in [3.63, 3.8) is 0 Å². The summed E-state index contributed by atoms with van der Waals surface area (Å²) in [5.41, 5.74) is 2.79. The maximum atomic E-state index is 12.7. The number of rotatable bonds is 8. The zero-order valence-corrected chi connectivity index (χ0v) is 22.2. The van der Waals surface area contributed by atoms with Gasteiger partial charge in [0.15, 0.2) is 11.5 Å². The highest BCUT2D eigenvalue weighted by Gasteiger charge is 2.15. The highest BCUT2D eigenvalue weighted by atomic mass is 127. The summed E-state index contributed by atoms with van der Waals surface area (Å²) in [6.45, 7) is 4.39. The fourth-order valence-corrected chi connectivity index (χ4v) is 3.85. The number of carbonyl (C=O) groups excluding carboxylic acids is 1. The monoisotopic (exact) mass is 606 g/mol. The molecule has 0 aliphatic rings. The topological polar surface area (TPSA) is 71.3 Å². The number of halogens is 3. The predicted octanol–water partition coefficient (Wildman–Crippen LogP) is 7.43. The van der Waals surface area contributed by atoms with Crippen LogP contribution in [0.15, 0.2) is 60.2 Å². The van der Waals surface area contributed by atoms with Crippen LogP contribution in [0.5, 0.6) is 11.5 Å². The van der Waals surface area contributed by atoms with Gasteiger partial charge in [-0.2, -0.15) is 5.26 Å². The smallest absolute Gasteiger partial charge is 0.266 e. The van der Waals surface area contributed by atoms with Gasteiger partial charge in [0.2, 0.25) is 0 Å². The van der Waals surface area contributed by atoms with Crippen LogP contribution in [0.3, 0.4) is 0 Å². The molecule has 3 aromatic carbocycles. The minimum absolute atomic E-state index is 0.0922. The molecule has 0 atom stereocenters. The summed E-state index contributed by atoms with van der Waals surface area (Å²) in [4.78, 5) is 12.7. The van der Waals surface area contributed by atoms with Crippen LogP contribution >= 0.6 is 45.8 Å². The highest BCUT2D eigenvalue weighted by Crippen LogP contribution is 2.38. The molecule has 1 amide bonds. The average molecular weight is 607 g/mol. The molecule has 0 saturated carbocycles. The van der Waals surface area contributed by atoms with E-state index in [1.54, 1.807) is 30.3 Å². The predicted molar refractivity (Wildman–Crippen MR) is 145 cm³/mol. The second-order valence-electron chi connectivity index (χ2n) is 7.26. The molecule has 8 heteroatoms. The number of nitrogens with one attached hydrogen (secondary N) is 1. The molecule has 5 nitrogen and oxygen atoms in total. The molecule has 0 fully saturated rings. The third-order valence-corrected chi connectivity index (χ3v) is 5.99. The van der Waals surface area contributed by atoms with Crippen molar-refractivity contribution in [2.45, 2.75) is 20.5 Å². The third-order valence-electron chi connectivity index (χ3n) is 4.75. The Morgan fingerprint density at radius 1 is 1.12 bits per heavy atom. The van der Waals surface area contributed by atoms with E-state index in [-0.39, 0.29) is 5.57 Å².